The fourth-order valence-electron chi connectivity index (χ4n) is 2.76. The summed E-state index contributed by atoms with van der Waals surface area (Å²) in [5, 5.41) is 7.36. The van der Waals surface area contributed by atoms with Crippen molar-refractivity contribution in [3.63, 3.8) is 0 Å². The van der Waals surface area contributed by atoms with Gasteiger partial charge in [0.15, 0.2) is 0 Å². The number of hydrogen-bond acceptors (Lipinski definition) is 6. The molecule has 2 aromatic heterocycles. The van der Waals surface area contributed by atoms with Gasteiger partial charge in [-0.15, -0.1) is 0 Å². The molecule has 0 aliphatic carbocycles. The number of sulfonamides is 1. The Hall–Kier alpha value is -3.11. The van der Waals surface area contributed by atoms with Crippen molar-refractivity contribution in [2.45, 2.75) is 51.0 Å². The van der Waals surface area contributed by atoms with E-state index in [4.69, 9.17) is 0 Å². The molecule has 0 saturated carbocycles. The Morgan fingerprint density at radius 2 is 1.74 bits per heavy atom. The zero-order valence-corrected chi connectivity index (χ0v) is 18.9. The molecule has 164 valence electrons. The number of carbonyl (C=O) groups excluding carboxylic acids is 1. The van der Waals surface area contributed by atoms with Gasteiger partial charge in [-0.25, -0.2) is 23.1 Å². The van der Waals surface area contributed by atoms with Crippen molar-refractivity contribution in [1.82, 2.24) is 24.5 Å². The predicted octanol–water partition coefficient (Wildman–Crippen LogP) is 2.90. The smallest absolute Gasteiger partial charge is 0.256 e. The number of rotatable bonds is 6. The largest absolute Gasteiger partial charge is 0.306 e. The van der Waals surface area contributed by atoms with Gasteiger partial charge in [0, 0.05) is 35.5 Å². The van der Waals surface area contributed by atoms with Crippen LogP contribution in [-0.4, -0.2) is 40.1 Å². The molecule has 0 atom stereocenters. The van der Waals surface area contributed by atoms with E-state index in [9.17, 15) is 13.2 Å². The van der Waals surface area contributed by atoms with Crippen LogP contribution < -0.4 is 10.0 Å². The lowest BCUT2D eigenvalue weighted by Gasteiger charge is -2.13. The van der Waals surface area contributed by atoms with Crippen LogP contribution in [0.5, 0.6) is 0 Å². The van der Waals surface area contributed by atoms with E-state index in [2.05, 4.69) is 25.1 Å². The fraction of sp³-hybridized carbons (Fsp3) is 0.333. The van der Waals surface area contributed by atoms with Crippen LogP contribution in [0.2, 0.25) is 0 Å². The summed E-state index contributed by atoms with van der Waals surface area (Å²) in [4.78, 5) is 21.4. The first-order chi connectivity index (χ1) is 14.5. The van der Waals surface area contributed by atoms with Crippen molar-refractivity contribution in [3.05, 3.63) is 60.0 Å². The van der Waals surface area contributed by atoms with E-state index < -0.39 is 15.9 Å². The van der Waals surface area contributed by atoms with E-state index in [0.717, 1.165) is 5.69 Å². The maximum atomic E-state index is 12.9. The van der Waals surface area contributed by atoms with E-state index in [0.29, 0.717) is 11.8 Å². The molecule has 0 aliphatic heterocycles. The van der Waals surface area contributed by atoms with Crippen molar-refractivity contribution in [1.29, 1.82) is 0 Å². The predicted molar refractivity (Wildman–Crippen MR) is 118 cm³/mol. The minimum absolute atomic E-state index is 0.0177. The van der Waals surface area contributed by atoms with Crippen LogP contribution in [0.15, 0.2) is 53.7 Å². The van der Waals surface area contributed by atoms with Gasteiger partial charge in [-0.3, -0.25) is 4.79 Å². The van der Waals surface area contributed by atoms with Crippen LogP contribution in [0.3, 0.4) is 0 Å². The van der Waals surface area contributed by atoms with Gasteiger partial charge in [-0.1, -0.05) is 26.8 Å². The first kappa shape index (κ1) is 22.6. The van der Waals surface area contributed by atoms with Crippen molar-refractivity contribution in [2.75, 3.05) is 5.32 Å². The normalized spacial score (nSPS) is 12.2. The molecular weight excluding hydrogens is 416 g/mol. The summed E-state index contributed by atoms with van der Waals surface area (Å²) >= 11 is 0. The lowest BCUT2D eigenvalue weighted by atomic mass is 9.92. The molecule has 2 N–H and O–H groups in total. The fourth-order valence-corrected chi connectivity index (χ4v) is 4.06. The van der Waals surface area contributed by atoms with Gasteiger partial charge < -0.3 is 5.32 Å². The minimum atomic E-state index is -3.72. The van der Waals surface area contributed by atoms with Crippen LogP contribution in [0.25, 0.3) is 5.95 Å². The monoisotopic (exact) mass is 442 g/mol. The second-order valence-electron chi connectivity index (χ2n) is 8.38. The SMILES string of the molecule is CC(C)NS(=O)(=O)c1cccc(C(=O)Nc2cc(C(C)(C)C)nn2-c2ncccn2)c1. The first-order valence-corrected chi connectivity index (χ1v) is 11.3. The van der Waals surface area contributed by atoms with Gasteiger partial charge in [0.05, 0.1) is 10.6 Å². The average Bonchev–Trinajstić information content (AvgIpc) is 3.12. The second-order valence-corrected chi connectivity index (χ2v) is 10.1. The number of hydrogen-bond donors (Lipinski definition) is 2. The third kappa shape index (κ3) is 5.33. The summed E-state index contributed by atoms with van der Waals surface area (Å²) in [6.45, 7) is 9.48. The number of nitrogens with zero attached hydrogens (tertiary/aromatic N) is 4. The first-order valence-electron chi connectivity index (χ1n) is 9.79. The Balaban J connectivity index is 1.96. The minimum Gasteiger partial charge on any atom is -0.306 e. The highest BCUT2D eigenvalue weighted by molar-refractivity contribution is 7.89. The molecule has 0 radical (unpaired) electrons. The molecule has 9 nitrogen and oxygen atoms in total. The lowest BCUT2D eigenvalue weighted by Crippen LogP contribution is -2.30. The Labute approximate surface area is 182 Å². The van der Waals surface area contributed by atoms with Gasteiger partial charge in [0.2, 0.25) is 10.0 Å². The van der Waals surface area contributed by atoms with Gasteiger partial charge >= 0.3 is 0 Å². The number of amides is 1. The number of aromatic nitrogens is 4. The van der Waals surface area contributed by atoms with E-state index in [-0.39, 0.29) is 21.9 Å². The average molecular weight is 443 g/mol. The maximum absolute atomic E-state index is 12.9. The van der Waals surface area contributed by atoms with Crippen molar-refractivity contribution >= 4 is 21.7 Å². The standard InChI is InChI=1S/C21H26N6O3S/c1-14(2)26-31(29,30)16-9-6-8-15(12-16)19(28)24-18-13-17(21(3,4)5)25-27(18)20-22-10-7-11-23-20/h6-14,26H,1-5H3,(H,24,28). The number of nitrogens with one attached hydrogen (secondary N) is 2. The molecule has 10 heteroatoms. The van der Waals surface area contributed by atoms with Gasteiger partial charge in [0.1, 0.15) is 5.82 Å². The molecule has 0 fully saturated rings. The molecule has 1 amide bonds. The highest BCUT2D eigenvalue weighted by Crippen LogP contribution is 2.26. The van der Waals surface area contributed by atoms with Crippen molar-refractivity contribution < 1.29 is 13.2 Å². The van der Waals surface area contributed by atoms with Crippen LogP contribution in [0.4, 0.5) is 5.82 Å². The molecule has 3 rings (SSSR count). The van der Waals surface area contributed by atoms with Crippen LogP contribution in [0, 0.1) is 0 Å². The quantitative estimate of drug-likeness (QED) is 0.606. The zero-order chi connectivity index (χ0) is 22.8. The van der Waals surface area contributed by atoms with E-state index in [1.807, 2.05) is 20.8 Å². The molecule has 1 aromatic carbocycles. The Morgan fingerprint density at radius 1 is 1.06 bits per heavy atom. The highest BCUT2D eigenvalue weighted by atomic mass is 32.2. The van der Waals surface area contributed by atoms with Gasteiger partial charge in [0.25, 0.3) is 11.9 Å². The highest BCUT2D eigenvalue weighted by Gasteiger charge is 2.23. The Bertz CT molecular complexity index is 1180. The van der Waals surface area contributed by atoms with E-state index in [1.165, 1.54) is 22.9 Å². The molecule has 3 aromatic rings. The molecular formula is C21H26N6O3S. The summed E-state index contributed by atoms with van der Waals surface area (Å²) in [6, 6.07) is 9.04. The maximum Gasteiger partial charge on any atom is 0.256 e. The summed E-state index contributed by atoms with van der Waals surface area (Å²) in [5.74, 6) is 0.222. The molecule has 0 unspecified atom stereocenters. The molecule has 2 heterocycles. The van der Waals surface area contributed by atoms with Gasteiger partial charge in [-0.05, 0) is 38.1 Å². The molecule has 0 saturated heterocycles. The van der Waals surface area contributed by atoms with Crippen LogP contribution in [-0.2, 0) is 15.4 Å². The number of anilines is 1. The Morgan fingerprint density at radius 3 is 2.35 bits per heavy atom. The second kappa shape index (κ2) is 8.56. The molecule has 0 aliphatic rings. The third-order valence-corrected chi connectivity index (χ3v) is 5.91. The summed E-state index contributed by atoms with van der Waals surface area (Å²) in [6.07, 6.45) is 3.17. The lowest BCUT2D eigenvalue weighted by molar-refractivity contribution is 0.102. The summed E-state index contributed by atoms with van der Waals surface area (Å²) in [7, 11) is -3.72. The van der Waals surface area contributed by atoms with Crippen LogP contribution >= 0.6 is 0 Å². The summed E-state index contributed by atoms with van der Waals surface area (Å²) < 4.78 is 28.9. The van der Waals surface area contributed by atoms with Gasteiger partial charge in [-0.2, -0.15) is 9.78 Å². The molecule has 0 spiro atoms. The molecule has 31 heavy (non-hydrogen) atoms. The third-order valence-electron chi connectivity index (χ3n) is 4.26. The van der Waals surface area contributed by atoms with Crippen molar-refractivity contribution in [2.24, 2.45) is 0 Å². The Kier molecular flexibility index (Phi) is 6.23. The zero-order valence-electron chi connectivity index (χ0n) is 18.1. The number of carbonyl (C=O) groups is 1. The molecule has 0 bridgehead atoms. The van der Waals surface area contributed by atoms with E-state index >= 15 is 0 Å². The summed E-state index contributed by atoms with van der Waals surface area (Å²) in [5.41, 5.74) is 0.675. The topological polar surface area (TPSA) is 119 Å². The van der Waals surface area contributed by atoms with E-state index in [1.54, 1.807) is 44.4 Å². The van der Waals surface area contributed by atoms with Crippen LogP contribution in [0.1, 0.15) is 50.7 Å². The van der Waals surface area contributed by atoms with Crippen molar-refractivity contribution in [3.8, 4) is 5.95 Å². The number of benzene rings is 1.